The number of aromatic nitrogens is 1. The summed E-state index contributed by atoms with van der Waals surface area (Å²) in [7, 11) is 0. The number of hydrogen-bond acceptors (Lipinski definition) is 6. The summed E-state index contributed by atoms with van der Waals surface area (Å²) in [6.45, 7) is 0.0567. The second-order valence-corrected chi connectivity index (χ2v) is 8.68. The van der Waals surface area contributed by atoms with E-state index in [1.54, 1.807) is 10.8 Å². The number of nitrogens with one attached hydrogen (secondary N) is 2. The Morgan fingerprint density at radius 1 is 1.28 bits per heavy atom. The van der Waals surface area contributed by atoms with Gasteiger partial charge in [0.1, 0.15) is 12.3 Å². The van der Waals surface area contributed by atoms with Gasteiger partial charge >= 0.3 is 0 Å². The number of para-hydroxylation sites is 1. The van der Waals surface area contributed by atoms with E-state index >= 15 is 0 Å². The first kappa shape index (κ1) is 21.9. The molecule has 164 valence electrons. The molecule has 2 heterocycles. The fraction of sp³-hybridized carbons (Fsp3) is 0.182. The molecule has 1 aliphatic heterocycles. The highest BCUT2D eigenvalue weighted by Gasteiger charge is 2.26. The van der Waals surface area contributed by atoms with Gasteiger partial charge in [-0.15, -0.1) is 0 Å². The lowest BCUT2D eigenvalue weighted by Crippen LogP contribution is -2.38. The van der Waals surface area contributed by atoms with Crippen LogP contribution in [0.25, 0.3) is 10.9 Å². The highest BCUT2D eigenvalue weighted by Crippen LogP contribution is 2.24. The number of halogens is 1. The van der Waals surface area contributed by atoms with Gasteiger partial charge in [-0.05, 0) is 30.7 Å². The number of carbonyl (C=O) groups is 3. The second kappa shape index (κ2) is 9.46. The second-order valence-electron chi connectivity index (χ2n) is 7.17. The summed E-state index contributed by atoms with van der Waals surface area (Å²) in [6.07, 6.45) is 3.90. The van der Waals surface area contributed by atoms with E-state index in [0.717, 1.165) is 16.7 Å². The van der Waals surface area contributed by atoms with Gasteiger partial charge in [-0.1, -0.05) is 41.6 Å². The molecule has 0 bridgehead atoms. The molecule has 3 aromatic rings. The van der Waals surface area contributed by atoms with E-state index in [4.69, 9.17) is 11.6 Å². The van der Waals surface area contributed by atoms with Gasteiger partial charge in [-0.25, -0.2) is 5.43 Å². The predicted octanol–water partition coefficient (Wildman–Crippen LogP) is 2.91. The molecule has 32 heavy (non-hydrogen) atoms. The van der Waals surface area contributed by atoms with Crippen LogP contribution in [0.15, 0.2) is 53.8 Å². The molecule has 1 saturated heterocycles. The molecule has 1 unspecified atom stereocenters. The smallest absolute Gasteiger partial charge is 0.271 e. The van der Waals surface area contributed by atoms with E-state index < -0.39 is 11.9 Å². The number of hydrogen-bond donors (Lipinski definition) is 3. The monoisotopic (exact) mass is 470 g/mol. The molecule has 3 N–H and O–H groups in total. The SMILES string of the molecule is O=C(Cn1cc(C=NNC(=O)c2ccc(O)c(Cl)c2)c2ccccc21)NC1CCSC1=O. The fourth-order valence-electron chi connectivity index (χ4n) is 3.40. The molecule has 1 fully saturated rings. The quantitative estimate of drug-likeness (QED) is 0.378. The maximum atomic E-state index is 12.5. The van der Waals surface area contributed by atoms with Crippen molar-refractivity contribution in [2.45, 2.75) is 19.0 Å². The minimum Gasteiger partial charge on any atom is -0.506 e. The number of amides is 2. The summed E-state index contributed by atoms with van der Waals surface area (Å²) in [5.74, 6) is -0.114. The molecular weight excluding hydrogens is 452 g/mol. The van der Waals surface area contributed by atoms with Crippen LogP contribution in [0.3, 0.4) is 0 Å². The first-order valence-electron chi connectivity index (χ1n) is 9.78. The average molecular weight is 471 g/mol. The standard InChI is InChI=1S/C22H19ClN4O4S/c23-16-9-13(5-6-19(16)28)21(30)26-24-10-14-11-27(18-4-2-1-3-15(14)18)12-20(29)25-17-7-8-32-22(17)31/h1-6,9-11,17,28H,7-8,12H2,(H,25,29)(H,26,30). The number of phenolic OH excluding ortho intramolecular Hbond substituents is 1. The molecule has 1 aliphatic rings. The summed E-state index contributed by atoms with van der Waals surface area (Å²) < 4.78 is 1.78. The van der Waals surface area contributed by atoms with Gasteiger partial charge in [0.2, 0.25) is 11.0 Å². The van der Waals surface area contributed by atoms with Crippen LogP contribution in [0.1, 0.15) is 22.3 Å². The lowest BCUT2D eigenvalue weighted by molar-refractivity contribution is -0.124. The summed E-state index contributed by atoms with van der Waals surface area (Å²) in [5.41, 5.74) is 4.22. The van der Waals surface area contributed by atoms with Crippen LogP contribution in [0.4, 0.5) is 0 Å². The van der Waals surface area contributed by atoms with Crippen molar-refractivity contribution in [3.8, 4) is 5.75 Å². The minimum atomic E-state index is -0.481. The van der Waals surface area contributed by atoms with Crippen LogP contribution >= 0.6 is 23.4 Å². The number of benzene rings is 2. The summed E-state index contributed by atoms with van der Waals surface area (Å²) >= 11 is 7.07. The number of nitrogens with zero attached hydrogens (tertiary/aromatic N) is 2. The summed E-state index contributed by atoms with van der Waals surface area (Å²) in [4.78, 5) is 36.5. The van der Waals surface area contributed by atoms with Crippen LogP contribution < -0.4 is 10.7 Å². The van der Waals surface area contributed by atoms with Gasteiger partial charge in [0.05, 0.1) is 17.3 Å². The maximum absolute atomic E-state index is 12.5. The minimum absolute atomic E-state index is 0.00538. The van der Waals surface area contributed by atoms with Crippen LogP contribution in [-0.2, 0) is 16.1 Å². The first-order chi connectivity index (χ1) is 15.4. The Labute approximate surface area is 192 Å². The number of carbonyl (C=O) groups excluding carboxylic acids is 3. The van der Waals surface area contributed by atoms with Gasteiger partial charge < -0.3 is 15.0 Å². The molecule has 2 amide bonds. The van der Waals surface area contributed by atoms with Gasteiger partial charge in [-0.2, -0.15) is 5.10 Å². The highest BCUT2D eigenvalue weighted by atomic mass is 35.5. The number of rotatable bonds is 6. The van der Waals surface area contributed by atoms with Crippen LogP contribution in [-0.4, -0.2) is 44.6 Å². The van der Waals surface area contributed by atoms with E-state index in [9.17, 15) is 19.5 Å². The third-order valence-corrected chi connectivity index (χ3v) is 6.30. The summed E-state index contributed by atoms with van der Waals surface area (Å²) in [6, 6.07) is 11.2. The number of thioether (sulfide) groups is 1. The number of aromatic hydroxyl groups is 1. The van der Waals surface area contributed by atoms with Crippen LogP contribution in [0.2, 0.25) is 5.02 Å². The average Bonchev–Trinajstić information content (AvgIpc) is 3.33. The van der Waals surface area contributed by atoms with Crippen molar-refractivity contribution in [2.24, 2.45) is 5.10 Å². The Bertz CT molecular complexity index is 1240. The largest absolute Gasteiger partial charge is 0.506 e. The van der Waals surface area contributed by atoms with Crippen molar-refractivity contribution >= 4 is 57.4 Å². The third-order valence-electron chi connectivity index (χ3n) is 4.98. The normalized spacial score (nSPS) is 16.0. The van der Waals surface area contributed by atoms with Crippen molar-refractivity contribution in [3.05, 3.63) is 64.8 Å². The highest BCUT2D eigenvalue weighted by molar-refractivity contribution is 8.14. The Kier molecular flexibility index (Phi) is 6.48. The molecule has 10 heteroatoms. The van der Waals surface area contributed by atoms with E-state index in [0.29, 0.717) is 12.0 Å². The first-order valence-corrected chi connectivity index (χ1v) is 11.1. The number of hydrazone groups is 1. The number of fused-ring (bicyclic) bond motifs is 1. The molecule has 1 atom stereocenters. The summed E-state index contributed by atoms with van der Waals surface area (Å²) in [5, 5.41) is 17.2. The van der Waals surface area contributed by atoms with Gasteiger partial charge in [0.15, 0.2) is 0 Å². The Morgan fingerprint density at radius 2 is 2.09 bits per heavy atom. The van der Waals surface area contributed by atoms with E-state index in [2.05, 4.69) is 15.8 Å². The Balaban J connectivity index is 1.48. The van der Waals surface area contributed by atoms with E-state index in [1.807, 2.05) is 24.3 Å². The molecule has 1 aromatic heterocycles. The molecule has 4 rings (SSSR count). The Hall–Kier alpha value is -3.30. The van der Waals surface area contributed by atoms with Gasteiger partial charge in [0.25, 0.3) is 5.91 Å². The third kappa shape index (κ3) is 4.79. The predicted molar refractivity (Wildman–Crippen MR) is 124 cm³/mol. The van der Waals surface area contributed by atoms with E-state index in [-0.39, 0.29) is 33.9 Å². The van der Waals surface area contributed by atoms with Crippen molar-refractivity contribution in [2.75, 3.05) is 5.75 Å². The molecule has 0 spiro atoms. The van der Waals surface area contributed by atoms with Crippen LogP contribution in [0, 0.1) is 0 Å². The van der Waals surface area contributed by atoms with Crippen LogP contribution in [0.5, 0.6) is 5.75 Å². The Morgan fingerprint density at radius 3 is 2.84 bits per heavy atom. The lowest BCUT2D eigenvalue weighted by Gasteiger charge is -2.11. The van der Waals surface area contributed by atoms with Crippen molar-refractivity contribution in [1.29, 1.82) is 0 Å². The zero-order chi connectivity index (χ0) is 22.7. The van der Waals surface area contributed by atoms with Crippen molar-refractivity contribution in [3.63, 3.8) is 0 Å². The molecule has 0 saturated carbocycles. The zero-order valence-corrected chi connectivity index (χ0v) is 18.3. The van der Waals surface area contributed by atoms with Gasteiger partial charge in [-0.3, -0.25) is 14.4 Å². The van der Waals surface area contributed by atoms with Gasteiger partial charge in [0, 0.05) is 34.0 Å². The topological polar surface area (TPSA) is 113 Å². The van der Waals surface area contributed by atoms with Crippen molar-refractivity contribution < 1.29 is 19.5 Å². The fourth-order valence-corrected chi connectivity index (χ4v) is 4.52. The van der Waals surface area contributed by atoms with E-state index in [1.165, 1.54) is 36.2 Å². The molecule has 8 nitrogen and oxygen atoms in total. The molecule has 0 aliphatic carbocycles. The molecule has 0 radical (unpaired) electrons. The molecular formula is C22H19ClN4O4S. The zero-order valence-electron chi connectivity index (χ0n) is 16.7. The lowest BCUT2D eigenvalue weighted by atomic mass is 10.2. The molecule has 2 aromatic carbocycles. The number of phenols is 1. The van der Waals surface area contributed by atoms with Crippen molar-refractivity contribution in [1.82, 2.24) is 15.3 Å². The maximum Gasteiger partial charge on any atom is 0.271 e.